The highest BCUT2D eigenvalue weighted by molar-refractivity contribution is 9.10. The number of pyridine rings is 1. The summed E-state index contributed by atoms with van der Waals surface area (Å²) in [5.41, 5.74) is 5.06. The van der Waals surface area contributed by atoms with Crippen LogP contribution in [-0.4, -0.2) is 20.9 Å². The van der Waals surface area contributed by atoms with Gasteiger partial charge in [-0.2, -0.15) is 0 Å². The Hall–Kier alpha value is -2.94. The van der Waals surface area contributed by atoms with Crippen LogP contribution in [0.5, 0.6) is 0 Å². The minimum Gasteiger partial charge on any atom is -0.338 e. The van der Waals surface area contributed by atoms with Crippen molar-refractivity contribution in [3.05, 3.63) is 79.1 Å². The zero-order valence-corrected chi connectivity index (χ0v) is 17.8. The van der Waals surface area contributed by atoms with E-state index in [1.807, 2.05) is 18.2 Å². The fraction of sp³-hybridized carbons (Fsp3) is 0.0952. The average molecular weight is 485 g/mol. The molecule has 3 heterocycles. The Morgan fingerprint density at radius 3 is 2.80 bits per heavy atom. The van der Waals surface area contributed by atoms with Gasteiger partial charge in [0.15, 0.2) is 0 Å². The standard InChI is InChI=1S/C21H15BrClN5O2/c22-16-4-12(9-25-21(16)30)19-27-17-6-13(23)5-15(18(17)28-19)20(29)26-14-2-1-10-7-24-8-11(10)3-14/h1-6,9,24H,7-8H2,(H,25,30)(H,26,29)(H,27,28). The minimum absolute atomic E-state index is 0.234. The summed E-state index contributed by atoms with van der Waals surface area (Å²) >= 11 is 9.48. The molecular weight excluding hydrogens is 470 g/mol. The van der Waals surface area contributed by atoms with Gasteiger partial charge in [-0.3, -0.25) is 9.59 Å². The lowest BCUT2D eigenvalue weighted by molar-refractivity contribution is 0.102. The molecule has 0 atom stereocenters. The number of benzene rings is 2. The Balaban J connectivity index is 1.53. The minimum atomic E-state index is -0.297. The highest BCUT2D eigenvalue weighted by Crippen LogP contribution is 2.28. The lowest BCUT2D eigenvalue weighted by Gasteiger charge is -2.08. The van der Waals surface area contributed by atoms with Crippen molar-refractivity contribution in [3.8, 4) is 11.4 Å². The maximum atomic E-state index is 13.0. The molecule has 4 N–H and O–H groups in total. The van der Waals surface area contributed by atoms with Gasteiger partial charge in [0.05, 0.1) is 15.6 Å². The van der Waals surface area contributed by atoms with Gasteiger partial charge in [0.2, 0.25) is 0 Å². The van der Waals surface area contributed by atoms with Gasteiger partial charge in [0.1, 0.15) is 11.3 Å². The van der Waals surface area contributed by atoms with Gasteiger partial charge in [0.25, 0.3) is 11.5 Å². The number of anilines is 1. The number of aromatic nitrogens is 3. The van der Waals surface area contributed by atoms with E-state index in [0.717, 1.165) is 18.8 Å². The molecule has 2 aromatic carbocycles. The first-order valence-electron chi connectivity index (χ1n) is 9.20. The van der Waals surface area contributed by atoms with Gasteiger partial charge in [-0.15, -0.1) is 0 Å². The number of imidazole rings is 1. The average Bonchev–Trinajstić information content (AvgIpc) is 3.35. The molecule has 4 aromatic rings. The van der Waals surface area contributed by atoms with Gasteiger partial charge in [-0.1, -0.05) is 17.7 Å². The number of fused-ring (bicyclic) bond motifs is 2. The second kappa shape index (κ2) is 7.39. The molecule has 0 aliphatic carbocycles. The number of rotatable bonds is 3. The Morgan fingerprint density at radius 2 is 1.97 bits per heavy atom. The van der Waals surface area contributed by atoms with Gasteiger partial charge >= 0.3 is 0 Å². The molecule has 0 fully saturated rings. The van der Waals surface area contributed by atoms with E-state index >= 15 is 0 Å². The van der Waals surface area contributed by atoms with E-state index in [-0.39, 0.29) is 11.5 Å². The first-order valence-corrected chi connectivity index (χ1v) is 10.4. The molecule has 0 saturated heterocycles. The highest BCUT2D eigenvalue weighted by Gasteiger charge is 2.18. The van der Waals surface area contributed by atoms with E-state index in [0.29, 0.717) is 37.5 Å². The van der Waals surface area contributed by atoms with Crippen molar-refractivity contribution in [2.24, 2.45) is 0 Å². The predicted octanol–water partition coefficient (Wildman–Crippen LogP) is 4.19. The molecule has 5 rings (SSSR count). The molecule has 150 valence electrons. The zero-order chi connectivity index (χ0) is 20.8. The second-order valence-electron chi connectivity index (χ2n) is 7.04. The molecule has 1 amide bonds. The lowest BCUT2D eigenvalue weighted by atomic mass is 10.1. The molecule has 1 aliphatic rings. The van der Waals surface area contributed by atoms with Gasteiger partial charge in [-0.05, 0) is 57.4 Å². The first kappa shape index (κ1) is 19.0. The molecule has 0 radical (unpaired) electrons. The van der Waals surface area contributed by atoms with E-state index in [4.69, 9.17) is 11.6 Å². The summed E-state index contributed by atoms with van der Waals surface area (Å²) in [6.45, 7) is 1.63. The molecule has 2 aromatic heterocycles. The third kappa shape index (κ3) is 3.43. The fourth-order valence-corrected chi connectivity index (χ4v) is 4.14. The maximum absolute atomic E-state index is 13.0. The summed E-state index contributed by atoms with van der Waals surface area (Å²) in [7, 11) is 0. The van der Waals surface area contributed by atoms with Crippen LogP contribution < -0.4 is 16.2 Å². The number of carbonyl (C=O) groups is 1. The summed E-state index contributed by atoms with van der Waals surface area (Å²) in [4.78, 5) is 35.0. The predicted molar refractivity (Wildman–Crippen MR) is 120 cm³/mol. The fourth-order valence-electron chi connectivity index (χ4n) is 3.56. The topological polar surface area (TPSA) is 103 Å². The van der Waals surface area contributed by atoms with Gasteiger partial charge in [-0.25, -0.2) is 4.98 Å². The van der Waals surface area contributed by atoms with Crippen molar-refractivity contribution in [2.75, 3.05) is 5.32 Å². The molecule has 0 bridgehead atoms. The van der Waals surface area contributed by atoms with Crippen LogP contribution in [0, 0.1) is 0 Å². The summed E-state index contributed by atoms with van der Waals surface area (Å²) < 4.78 is 0.391. The molecule has 0 saturated carbocycles. The molecule has 7 nitrogen and oxygen atoms in total. The highest BCUT2D eigenvalue weighted by atomic mass is 79.9. The lowest BCUT2D eigenvalue weighted by Crippen LogP contribution is -2.13. The smallest absolute Gasteiger partial charge is 0.262 e. The van der Waals surface area contributed by atoms with Crippen molar-refractivity contribution >= 4 is 50.2 Å². The molecular formula is C21H15BrClN5O2. The number of amides is 1. The quantitative estimate of drug-likeness (QED) is 0.350. The summed E-state index contributed by atoms with van der Waals surface area (Å²) in [6, 6.07) is 10.9. The number of hydrogen-bond acceptors (Lipinski definition) is 4. The number of hydrogen-bond donors (Lipinski definition) is 4. The zero-order valence-electron chi connectivity index (χ0n) is 15.5. The van der Waals surface area contributed by atoms with Crippen molar-refractivity contribution in [2.45, 2.75) is 13.1 Å². The van der Waals surface area contributed by atoms with Crippen LogP contribution in [0.25, 0.3) is 22.4 Å². The third-order valence-electron chi connectivity index (χ3n) is 5.02. The van der Waals surface area contributed by atoms with Crippen molar-refractivity contribution in [3.63, 3.8) is 0 Å². The Bertz CT molecular complexity index is 1380. The van der Waals surface area contributed by atoms with E-state index in [1.165, 1.54) is 11.1 Å². The van der Waals surface area contributed by atoms with Crippen molar-refractivity contribution in [1.29, 1.82) is 0 Å². The largest absolute Gasteiger partial charge is 0.338 e. The number of carbonyl (C=O) groups excluding carboxylic acids is 1. The maximum Gasteiger partial charge on any atom is 0.262 e. The van der Waals surface area contributed by atoms with Crippen LogP contribution in [0.1, 0.15) is 21.5 Å². The number of halogens is 2. The summed E-state index contributed by atoms with van der Waals surface area (Å²) in [6.07, 6.45) is 1.56. The van der Waals surface area contributed by atoms with Crippen molar-refractivity contribution < 1.29 is 4.79 Å². The third-order valence-corrected chi connectivity index (χ3v) is 5.83. The van der Waals surface area contributed by atoms with Crippen LogP contribution in [0.15, 0.2) is 51.9 Å². The van der Waals surface area contributed by atoms with Gasteiger partial charge in [0, 0.05) is 35.6 Å². The number of nitrogens with one attached hydrogen (secondary N) is 4. The van der Waals surface area contributed by atoms with Crippen molar-refractivity contribution in [1.82, 2.24) is 20.3 Å². The molecule has 9 heteroatoms. The van der Waals surface area contributed by atoms with E-state index in [1.54, 1.807) is 24.4 Å². The summed E-state index contributed by atoms with van der Waals surface area (Å²) in [5.74, 6) is 0.218. The van der Waals surface area contributed by atoms with Crippen LogP contribution in [0.2, 0.25) is 5.02 Å². The Kier molecular flexibility index (Phi) is 4.69. The molecule has 30 heavy (non-hydrogen) atoms. The molecule has 1 aliphatic heterocycles. The Labute approximate surface area is 184 Å². The second-order valence-corrected chi connectivity index (χ2v) is 8.33. The van der Waals surface area contributed by atoms with Crippen LogP contribution >= 0.6 is 27.5 Å². The SMILES string of the molecule is O=C(Nc1ccc2c(c1)CNC2)c1cc(Cl)cc2[nH]c(-c3c[nH]c(=O)c(Br)c3)nc12. The van der Waals surface area contributed by atoms with Crippen LogP contribution in [0.3, 0.4) is 0 Å². The van der Waals surface area contributed by atoms with Crippen LogP contribution in [0.4, 0.5) is 5.69 Å². The Morgan fingerprint density at radius 1 is 1.13 bits per heavy atom. The first-order chi connectivity index (χ1) is 14.5. The normalized spacial score (nSPS) is 12.9. The molecule has 0 spiro atoms. The van der Waals surface area contributed by atoms with E-state index in [2.05, 4.69) is 41.5 Å². The van der Waals surface area contributed by atoms with Gasteiger partial charge < -0.3 is 20.6 Å². The van der Waals surface area contributed by atoms with E-state index in [9.17, 15) is 9.59 Å². The summed E-state index contributed by atoms with van der Waals surface area (Å²) in [5, 5.41) is 6.65. The number of aromatic amines is 2. The number of H-pyrrole nitrogens is 2. The van der Waals surface area contributed by atoms with E-state index < -0.39 is 0 Å². The molecule has 0 unspecified atom stereocenters. The van der Waals surface area contributed by atoms with Crippen LogP contribution in [-0.2, 0) is 13.1 Å². The monoisotopic (exact) mass is 483 g/mol. The number of nitrogens with zero attached hydrogens (tertiary/aromatic N) is 1.